The van der Waals surface area contributed by atoms with E-state index in [2.05, 4.69) is 20.8 Å². The van der Waals surface area contributed by atoms with Crippen molar-refractivity contribution in [2.24, 2.45) is 45.3 Å². The zero-order valence-corrected chi connectivity index (χ0v) is 20.3. The highest BCUT2D eigenvalue weighted by atomic mass is 16.5. The molecule has 174 valence electrons. The lowest BCUT2D eigenvalue weighted by Gasteiger charge is -2.61. The second-order valence-corrected chi connectivity index (χ2v) is 12.1. The largest absolute Gasteiger partial charge is 0.469 e. The standard InChI is InChI=1S/C27H42O4/c1-18(7-6-16-28)20-10-12-25(4)22-9-8-21(19(2)29)26(13-11-23(30)31-5)17-27(22,26)15-14-24(20,25)3/h16,18,20-22H,6-15,17H2,1-5H3. The molecule has 8 unspecified atom stereocenters. The van der Waals surface area contributed by atoms with Crippen molar-refractivity contribution in [3.05, 3.63) is 0 Å². The Balaban J connectivity index is 1.64. The fraction of sp³-hybridized carbons (Fsp3) is 0.889. The van der Waals surface area contributed by atoms with Gasteiger partial charge in [0.2, 0.25) is 0 Å². The van der Waals surface area contributed by atoms with Gasteiger partial charge in [0.25, 0.3) is 0 Å². The molecule has 0 radical (unpaired) electrons. The van der Waals surface area contributed by atoms with E-state index in [0.29, 0.717) is 47.2 Å². The zero-order chi connectivity index (χ0) is 22.7. The first-order valence-corrected chi connectivity index (χ1v) is 12.6. The number of hydrogen-bond acceptors (Lipinski definition) is 4. The molecule has 4 rings (SSSR count). The minimum Gasteiger partial charge on any atom is -0.469 e. The van der Waals surface area contributed by atoms with Crippen LogP contribution in [-0.2, 0) is 19.1 Å². The summed E-state index contributed by atoms with van der Waals surface area (Å²) in [4.78, 5) is 35.7. The Hall–Kier alpha value is -1.19. The van der Waals surface area contributed by atoms with Crippen molar-refractivity contribution >= 4 is 18.0 Å². The third-order valence-electron chi connectivity index (χ3n) is 11.5. The van der Waals surface area contributed by atoms with Crippen LogP contribution in [0.25, 0.3) is 0 Å². The maximum atomic E-state index is 12.7. The highest BCUT2D eigenvalue weighted by molar-refractivity contribution is 5.80. The maximum absolute atomic E-state index is 12.7. The fourth-order valence-electron chi connectivity index (χ4n) is 9.77. The van der Waals surface area contributed by atoms with Gasteiger partial charge in [-0.1, -0.05) is 20.8 Å². The van der Waals surface area contributed by atoms with Crippen LogP contribution in [0.4, 0.5) is 0 Å². The van der Waals surface area contributed by atoms with Crippen LogP contribution >= 0.6 is 0 Å². The van der Waals surface area contributed by atoms with E-state index >= 15 is 0 Å². The number of esters is 1. The van der Waals surface area contributed by atoms with Gasteiger partial charge < -0.3 is 9.53 Å². The van der Waals surface area contributed by atoms with Crippen molar-refractivity contribution in [2.75, 3.05) is 7.11 Å². The van der Waals surface area contributed by atoms with E-state index in [1.165, 1.54) is 32.8 Å². The lowest BCUT2D eigenvalue weighted by molar-refractivity contribution is -0.147. The molecular formula is C27H42O4. The van der Waals surface area contributed by atoms with E-state index in [0.717, 1.165) is 38.4 Å². The van der Waals surface area contributed by atoms with E-state index in [1.54, 1.807) is 6.92 Å². The monoisotopic (exact) mass is 430 g/mol. The van der Waals surface area contributed by atoms with Gasteiger partial charge in [-0.05, 0) is 104 Å². The molecule has 4 saturated carbocycles. The second-order valence-electron chi connectivity index (χ2n) is 12.1. The van der Waals surface area contributed by atoms with Crippen molar-refractivity contribution in [3.63, 3.8) is 0 Å². The van der Waals surface area contributed by atoms with E-state index in [9.17, 15) is 14.4 Å². The molecule has 1 spiro atoms. The lowest BCUT2D eigenvalue weighted by atomic mass is 9.44. The van der Waals surface area contributed by atoms with Gasteiger partial charge in [-0.3, -0.25) is 9.59 Å². The summed E-state index contributed by atoms with van der Waals surface area (Å²) in [5.74, 6) is 2.22. The van der Waals surface area contributed by atoms with Crippen LogP contribution in [0, 0.1) is 45.3 Å². The molecule has 0 amide bonds. The van der Waals surface area contributed by atoms with Crippen LogP contribution < -0.4 is 0 Å². The fourth-order valence-corrected chi connectivity index (χ4v) is 9.77. The van der Waals surface area contributed by atoms with Crippen LogP contribution in [0.2, 0.25) is 0 Å². The van der Waals surface area contributed by atoms with Crippen molar-refractivity contribution in [1.29, 1.82) is 0 Å². The summed E-state index contributed by atoms with van der Waals surface area (Å²) in [7, 11) is 1.46. The van der Waals surface area contributed by atoms with Gasteiger partial charge in [0, 0.05) is 18.8 Å². The molecule has 4 heteroatoms. The van der Waals surface area contributed by atoms with Crippen molar-refractivity contribution in [1.82, 2.24) is 0 Å². The number of aldehydes is 1. The summed E-state index contributed by atoms with van der Waals surface area (Å²) in [6, 6.07) is 0. The Bertz CT molecular complexity index is 760. The van der Waals surface area contributed by atoms with Crippen molar-refractivity contribution in [2.45, 2.75) is 98.3 Å². The Morgan fingerprint density at radius 2 is 1.84 bits per heavy atom. The minimum absolute atomic E-state index is 0.0154. The molecule has 4 nitrogen and oxygen atoms in total. The first-order chi connectivity index (χ1) is 14.6. The van der Waals surface area contributed by atoms with Crippen LogP contribution in [0.1, 0.15) is 98.3 Å². The number of hydrogen-bond donors (Lipinski definition) is 0. The van der Waals surface area contributed by atoms with Gasteiger partial charge in [0.1, 0.15) is 12.1 Å². The predicted molar refractivity (Wildman–Crippen MR) is 120 cm³/mol. The lowest BCUT2D eigenvalue weighted by Crippen LogP contribution is -2.54. The molecule has 0 heterocycles. The number of carbonyl (C=O) groups is 3. The number of fused-ring (bicyclic) bond motifs is 2. The number of rotatable bonds is 8. The normalized spacial score (nSPS) is 46.3. The SMILES string of the molecule is COC(=O)CCC12CC13CCC1(C)C(C(C)CCC=O)CCC1(C)C3CCC2C(C)=O. The molecule has 4 aliphatic rings. The van der Waals surface area contributed by atoms with Gasteiger partial charge in [-0.25, -0.2) is 0 Å². The molecule has 31 heavy (non-hydrogen) atoms. The molecule has 0 aromatic carbocycles. The third kappa shape index (κ3) is 3.02. The third-order valence-corrected chi connectivity index (χ3v) is 11.5. The van der Waals surface area contributed by atoms with Crippen molar-refractivity contribution < 1.29 is 19.1 Å². The maximum Gasteiger partial charge on any atom is 0.305 e. The smallest absolute Gasteiger partial charge is 0.305 e. The molecule has 0 aliphatic heterocycles. The summed E-state index contributed by atoms with van der Waals surface area (Å²) in [6.45, 7) is 9.23. The zero-order valence-electron chi connectivity index (χ0n) is 20.3. The summed E-state index contributed by atoms with van der Waals surface area (Å²) < 4.78 is 4.96. The topological polar surface area (TPSA) is 60.4 Å². The number of methoxy groups -OCH3 is 1. The Morgan fingerprint density at radius 3 is 2.48 bits per heavy atom. The summed E-state index contributed by atoms with van der Waals surface area (Å²) >= 11 is 0. The molecule has 4 fully saturated rings. The summed E-state index contributed by atoms with van der Waals surface area (Å²) in [5, 5.41) is 0. The van der Waals surface area contributed by atoms with Gasteiger partial charge in [0.15, 0.2) is 0 Å². The molecule has 0 aromatic rings. The minimum atomic E-state index is -0.141. The number of carbonyl (C=O) groups excluding carboxylic acids is 3. The quantitative estimate of drug-likeness (QED) is 0.363. The van der Waals surface area contributed by atoms with Crippen LogP contribution in [0.15, 0.2) is 0 Å². The molecule has 0 N–H and O–H groups in total. The predicted octanol–water partition coefficient (Wildman–Crippen LogP) is 5.76. The Kier molecular flexibility index (Phi) is 5.71. The molecular weight excluding hydrogens is 388 g/mol. The van der Waals surface area contributed by atoms with E-state index < -0.39 is 0 Å². The summed E-state index contributed by atoms with van der Waals surface area (Å²) in [6.07, 6.45) is 12.2. The Morgan fingerprint density at radius 1 is 1.10 bits per heavy atom. The van der Waals surface area contributed by atoms with E-state index in [1.807, 2.05) is 0 Å². The molecule has 0 bridgehead atoms. The second kappa shape index (κ2) is 7.70. The molecule has 8 atom stereocenters. The van der Waals surface area contributed by atoms with Gasteiger partial charge in [-0.15, -0.1) is 0 Å². The van der Waals surface area contributed by atoms with Gasteiger partial charge >= 0.3 is 5.97 Å². The average molecular weight is 431 g/mol. The number of ether oxygens (including phenoxy) is 1. The van der Waals surface area contributed by atoms with Crippen LogP contribution in [0.3, 0.4) is 0 Å². The van der Waals surface area contributed by atoms with Gasteiger partial charge in [-0.2, -0.15) is 0 Å². The summed E-state index contributed by atoms with van der Waals surface area (Å²) in [5.41, 5.74) is 0.859. The van der Waals surface area contributed by atoms with Crippen LogP contribution in [-0.4, -0.2) is 25.1 Å². The van der Waals surface area contributed by atoms with Gasteiger partial charge in [0.05, 0.1) is 7.11 Å². The Labute approximate surface area is 188 Å². The number of ketones is 1. The van der Waals surface area contributed by atoms with E-state index in [4.69, 9.17) is 4.74 Å². The molecule has 0 saturated heterocycles. The first kappa shape index (κ1) is 23.0. The first-order valence-electron chi connectivity index (χ1n) is 12.6. The van der Waals surface area contributed by atoms with Crippen LogP contribution in [0.5, 0.6) is 0 Å². The average Bonchev–Trinajstić information content (AvgIpc) is 3.33. The van der Waals surface area contributed by atoms with Crippen molar-refractivity contribution in [3.8, 4) is 0 Å². The highest BCUT2D eigenvalue weighted by Crippen LogP contribution is 2.86. The molecule has 4 aliphatic carbocycles. The number of Topliss-reactive ketones (excluding diaryl/α,β-unsaturated/α-hetero) is 1. The van der Waals surface area contributed by atoms with E-state index in [-0.39, 0.29) is 22.7 Å². The highest BCUT2D eigenvalue weighted by Gasteiger charge is 2.80. The molecule has 0 aromatic heterocycles.